The van der Waals surface area contributed by atoms with E-state index in [9.17, 15) is 9.59 Å². The summed E-state index contributed by atoms with van der Waals surface area (Å²) in [6.07, 6.45) is 1.52. The molecule has 0 aliphatic rings. The molecule has 1 aromatic rings. The molecule has 0 radical (unpaired) electrons. The minimum atomic E-state index is -1.08. The van der Waals surface area contributed by atoms with Crippen LogP contribution in [-0.4, -0.2) is 21.9 Å². The van der Waals surface area contributed by atoms with Crippen LogP contribution in [0.15, 0.2) is 23.3 Å². The number of aliphatic hydroxyl groups is 1. The van der Waals surface area contributed by atoms with Crippen molar-refractivity contribution in [3.63, 3.8) is 0 Å². The first-order chi connectivity index (χ1) is 6.50. The van der Waals surface area contributed by atoms with Crippen molar-refractivity contribution in [2.75, 3.05) is 0 Å². The summed E-state index contributed by atoms with van der Waals surface area (Å²) in [6, 6.07) is 1.21. The third kappa shape index (κ3) is 2.43. The first kappa shape index (κ1) is 10.5. The molecular formula is C9H11NO4. The molecule has 0 spiro atoms. The number of rotatable bonds is 2. The monoisotopic (exact) mass is 197 g/mol. The fourth-order valence-corrected chi connectivity index (χ4v) is 0.931. The summed E-state index contributed by atoms with van der Waals surface area (Å²) in [5.41, 5.74) is -0.372. The molecule has 1 unspecified atom stereocenters. The zero-order chi connectivity index (χ0) is 10.7. The van der Waals surface area contributed by atoms with Gasteiger partial charge in [0, 0.05) is 19.2 Å². The highest BCUT2D eigenvalue weighted by atomic mass is 16.6. The lowest BCUT2D eigenvalue weighted by molar-refractivity contribution is -0.00162. The van der Waals surface area contributed by atoms with E-state index in [0.29, 0.717) is 0 Å². The topological polar surface area (TPSA) is 68.5 Å². The second kappa shape index (κ2) is 4.06. The van der Waals surface area contributed by atoms with Crippen molar-refractivity contribution in [1.82, 2.24) is 4.57 Å². The summed E-state index contributed by atoms with van der Waals surface area (Å²) in [4.78, 5) is 22.1. The zero-order valence-electron chi connectivity index (χ0n) is 7.93. The van der Waals surface area contributed by atoms with Crippen LogP contribution in [0.25, 0.3) is 0 Å². The van der Waals surface area contributed by atoms with E-state index in [1.54, 1.807) is 0 Å². The average Bonchev–Trinajstić information content (AvgIpc) is 2.07. The zero-order valence-corrected chi connectivity index (χ0v) is 7.93. The molecule has 0 fully saturated rings. The molecule has 14 heavy (non-hydrogen) atoms. The van der Waals surface area contributed by atoms with E-state index in [2.05, 4.69) is 0 Å². The molecule has 1 heterocycles. The van der Waals surface area contributed by atoms with Gasteiger partial charge in [0.05, 0.1) is 6.20 Å². The van der Waals surface area contributed by atoms with Crippen molar-refractivity contribution in [2.45, 2.75) is 20.1 Å². The van der Waals surface area contributed by atoms with E-state index in [1.807, 2.05) is 0 Å². The van der Waals surface area contributed by atoms with Gasteiger partial charge in [-0.2, -0.15) is 0 Å². The highest BCUT2D eigenvalue weighted by Crippen LogP contribution is 2.03. The number of nitrogens with zero attached hydrogens (tertiary/aromatic N) is 1. The number of ether oxygens (including phenoxy) is 1. The van der Waals surface area contributed by atoms with Gasteiger partial charge in [0.25, 0.3) is 0 Å². The Morgan fingerprint density at radius 2 is 2.29 bits per heavy atom. The summed E-state index contributed by atoms with van der Waals surface area (Å²) in [6.45, 7) is 2.74. The lowest BCUT2D eigenvalue weighted by Crippen LogP contribution is -2.18. The SMILES string of the molecule is CC(=O)n1ccc(=O)c(OC(C)O)c1. The number of hydrogen-bond donors (Lipinski definition) is 1. The van der Waals surface area contributed by atoms with E-state index < -0.39 is 6.29 Å². The Morgan fingerprint density at radius 3 is 2.79 bits per heavy atom. The molecule has 5 heteroatoms. The van der Waals surface area contributed by atoms with Crippen molar-refractivity contribution in [3.8, 4) is 5.75 Å². The summed E-state index contributed by atoms with van der Waals surface area (Å²) in [7, 11) is 0. The molecule has 1 aromatic heterocycles. The van der Waals surface area contributed by atoms with Crippen molar-refractivity contribution < 1.29 is 14.6 Å². The fourth-order valence-electron chi connectivity index (χ4n) is 0.931. The third-order valence-electron chi connectivity index (χ3n) is 1.55. The molecule has 5 nitrogen and oxygen atoms in total. The Hall–Kier alpha value is -1.62. The maximum atomic E-state index is 11.2. The van der Waals surface area contributed by atoms with E-state index in [1.165, 1.54) is 36.9 Å². The Balaban J connectivity index is 3.08. The predicted molar refractivity (Wildman–Crippen MR) is 49.3 cm³/mol. The lowest BCUT2D eigenvalue weighted by Gasteiger charge is -2.08. The molecule has 0 saturated carbocycles. The molecule has 0 aliphatic carbocycles. The van der Waals surface area contributed by atoms with Crippen LogP contribution in [0.1, 0.15) is 18.6 Å². The predicted octanol–water partition coefficient (Wildman–Crippen LogP) is 0.225. The van der Waals surface area contributed by atoms with Crippen LogP contribution in [0.2, 0.25) is 0 Å². The Bertz CT molecular complexity index is 394. The summed E-state index contributed by atoms with van der Waals surface area (Å²) in [5, 5.41) is 8.90. The van der Waals surface area contributed by atoms with Crippen molar-refractivity contribution in [3.05, 3.63) is 28.7 Å². The standard InChI is InChI=1S/C9H11NO4/c1-6(11)10-4-3-8(13)9(5-10)14-7(2)12/h3-5,7,12H,1-2H3. The van der Waals surface area contributed by atoms with Crippen LogP contribution in [0.5, 0.6) is 5.75 Å². The van der Waals surface area contributed by atoms with Gasteiger partial charge in [0.15, 0.2) is 12.0 Å². The number of hydrogen-bond acceptors (Lipinski definition) is 4. The van der Waals surface area contributed by atoms with Crippen molar-refractivity contribution in [2.24, 2.45) is 0 Å². The molecule has 1 N–H and O–H groups in total. The maximum absolute atomic E-state index is 11.2. The Labute approximate surface area is 80.6 Å². The molecule has 0 bridgehead atoms. The molecule has 1 atom stereocenters. The highest BCUT2D eigenvalue weighted by Gasteiger charge is 2.05. The minimum Gasteiger partial charge on any atom is -0.460 e. The summed E-state index contributed by atoms with van der Waals surface area (Å²) in [5.74, 6) is -0.279. The van der Waals surface area contributed by atoms with Crippen molar-refractivity contribution >= 4 is 5.91 Å². The van der Waals surface area contributed by atoms with Gasteiger partial charge in [-0.25, -0.2) is 0 Å². The van der Waals surface area contributed by atoms with E-state index >= 15 is 0 Å². The van der Waals surface area contributed by atoms with Crippen LogP contribution in [0, 0.1) is 0 Å². The number of carbonyl (C=O) groups excluding carboxylic acids is 1. The quantitative estimate of drug-likeness (QED) is 0.689. The van der Waals surface area contributed by atoms with Crippen LogP contribution in [0.4, 0.5) is 0 Å². The van der Waals surface area contributed by atoms with Crippen LogP contribution in [0.3, 0.4) is 0 Å². The normalized spacial score (nSPS) is 12.2. The van der Waals surface area contributed by atoms with Gasteiger partial charge < -0.3 is 9.84 Å². The summed E-state index contributed by atoms with van der Waals surface area (Å²) >= 11 is 0. The van der Waals surface area contributed by atoms with E-state index in [4.69, 9.17) is 9.84 Å². The van der Waals surface area contributed by atoms with Gasteiger partial charge in [0.1, 0.15) is 0 Å². The number of aliphatic hydroxyl groups excluding tert-OH is 1. The first-order valence-electron chi connectivity index (χ1n) is 4.08. The number of carbonyl (C=O) groups is 1. The van der Waals surface area contributed by atoms with E-state index in [-0.39, 0.29) is 17.1 Å². The maximum Gasteiger partial charge on any atom is 0.227 e. The second-order valence-corrected chi connectivity index (χ2v) is 2.82. The van der Waals surface area contributed by atoms with E-state index in [0.717, 1.165) is 0 Å². The first-order valence-corrected chi connectivity index (χ1v) is 4.08. The van der Waals surface area contributed by atoms with Crippen LogP contribution >= 0.6 is 0 Å². The van der Waals surface area contributed by atoms with Gasteiger partial charge in [-0.3, -0.25) is 14.2 Å². The molecule has 0 amide bonds. The average molecular weight is 197 g/mol. The van der Waals surface area contributed by atoms with Crippen LogP contribution in [-0.2, 0) is 0 Å². The number of pyridine rings is 1. The minimum absolute atomic E-state index is 0.0438. The summed E-state index contributed by atoms with van der Waals surface area (Å²) < 4.78 is 6.01. The molecular weight excluding hydrogens is 186 g/mol. The van der Waals surface area contributed by atoms with Gasteiger partial charge >= 0.3 is 0 Å². The van der Waals surface area contributed by atoms with Gasteiger partial charge in [-0.15, -0.1) is 0 Å². The Morgan fingerprint density at radius 1 is 1.64 bits per heavy atom. The fraction of sp³-hybridized carbons (Fsp3) is 0.333. The molecule has 0 aliphatic heterocycles. The molecule has 1 rings (SSSR count). The largest absolute Gasteiger partial charge is 0.460 e. The smallest absolute Gasteiger partial charge is 0.227 e. The van der Waals surface area contributed by atoms with Gasteiger partial charge in [-0.1, -0.05) is 0 Å². The Kier molecular flexibility index (Phi) is 3.03. The third-order valence-corrected chi connectivity index (χ3v) is 1.55. The van der Waals surface area contributed by atoms with Gasteiger partial charge in [0.2, 0.25) is 11.3 Å². The highest BCUT2D eigenvalue weighted by molar-refractivity contribution is 5.76. The van der Waals surface area contributed by atoms with Gasteiger partial charge in [-0.05, 0) is 6.92 Å². The van der Waals surface area contributed by atoms with Crippen molar-refractivity contribution in [1.29, 1.82) is 0 Å². The number of aromatic nitrogens is 1. The molecule has 76 valence electrons. The lowest BCUT2D eigenvalue weighted by atomic mass is 10.4. The molecule has 0 saturated heterocycles. The molecule has 0 aromatic carbocycles. The second-order valence-electron chi connectivity index (χ2n) is 2.82. The van der Waals surface area contributed by atoms with Crippen LogP contribution < -0.4 is 10.2 Å².